The molecular formula is C15H24N2O. The Morgan fingerprint density at radius 2 is 2.11 bits per heavy atom. The molecule has 100 valence electrons. The molecule has 0 saturated carbocycles. The second-order valence-corrected chi connectivity index (χ2v) is 4.42. The van der Waals surface area contributed by atoms with Crippen molar-refractivity contribution >= 4 is 5.71 Å². The number of hydrogen-bond acceptors (Lipinski definition) is 2. The molecule has 2 N–H and O–H groups in total. The van der Waals surface area contributed by atoms with E-state index in [1.807, 2.05) is 19.1 Å². The number of pyridine rings is 1. The number of hydrogen-bond donors (Lipinski definition) is 2. The van der Waals surface area contributed by atoms with Crippen molar-refractivity contribution < 1.29 is 0 Å². The Bertz CT molecular complexity index is 444. The fourth-order valence-electron chi connectivity index (χ4n) is 1.32. The zero-order valence-electron chi connectivity index (χ0n) is 11.8. The van der Waals surface area contributed by atoms with Gasteiger partial charge in [-0.1, -0.05) is 25.8 Å². The lowest BCUT2D eigenvalue weighted by Crippen LogP contribution is -2.07. The maximum atomic E-state index is 10.7. The molecule has 0 fully saturated rings. The molecule has 1 heterocycles. The fourth-order valence-corrected chi connectivity index (χ4v) is 1.32. The van der Waals surface area contributed by atoms with Gasteiger partial charge in [0.15, 0.2) is 0 Å². The van der Waals surface area contributed by atoms with Crippen molar-refractivity contribution in [3.8, 4) is 0 Å². The van der Waals surface area contributed by atoms with Crippen LogP contribution >= 0.6 is 0 Å². The third kappa shape index (κ3) is 8.50. The van der Waals surface area contributed by atoms with Crippen LogP contribution in [0.1, 0.15) is 44.2 Å². The van der Waals surface area contributed by atoms with Crippen LogP contribution in [-0.2, 0) is 0 Å². The van der Waals surface area contributed by atoms with Gasteiger partial charge in [-0.3, -0.25) is 4.79 Å². The number of rotatable bonds is 4. The van der Waals surface area contributed by atoms with E-state index in [9.17, 15) is 4.79 Å². The summed E-state index contributed by atoms with van der Waals surface area (Å²) in [6.45, 7) is 7.71. The highest BCUT2D eigenvalue weighted by molar-refractivity contribution is 5.89. The molecule has 1 aromatic rings. The summed E-state index contributed by atoms with van der Waals surface area (Å²) >= 11 is 0. The van der Waals surface area contributed by atoms with Crippen LogP contribution in [0, 0.1) is 19.3 Å². The summed E-state index contributed by atoms with van der Waals surface area (Å²) in [6, 6.07) is 1.86. The third-order valence-corrected chi connectivity index (χ3v) is 2.33. The lowest BCUT2D eigenvalue weighted by atomic mass is 10.2. The summed E-state index contributed by atoms with van der Waals surface area (Å²) in [7, 11) is 0. The van der Waals surface area contributed by atoms with Crippen molar-refractivity contribution in [1.82, 2.24) is 4.98 Å². The minimum Gasteiger partial charge on any atom is -0.329 e. The van der Waals surface area contributed by atoms with Gasteiger partial charge in [0.05, 0.1) is 0 Å². The zero-order valence-corrected chi connectivity index (χ0v) is 11.8. The van der Waals surface area contributed by atoms with Crippen LogP contribution in [0.25, 0.3) is 0 Å². The van der Waals surface area contributed by atoms with Gasteiger partial charge in [-0.2, -0.15) is 0 Å². The highest BCUT2D eigenvalue weighted by Crippen LogP contribution is 1.94. The van der Waals surface area contributed by atoms with Gasteiger partial charge in [0, 0.05) is 17.5 Å². The van der Waals surface area contributed by atoms with E-state index in [4.69, 9.17) is 5.41 Å². The van der Waals surface area contributed by atoms with Crippen LogP contribution in [0.4, 0.5) is 0 Å². The average molecular weight is 248 g/mol. The number of allylic oxidation sites excluding steroid dienone is 2. The summed E-state index contributed by atoms with van der Waals surface area (Å²) in [6.07, 6.45) is 9.22. The van der Waals surface area contributed by atoms with Crippen LogP contribution in [0.5, 0.6) is 0 Å². The number of aromatic amines is 1. The lowest BCUT2D eigenvalue weighted by Gasteiger charge is -1.91. The first-order chi connectivity index (χ1) is 8.47. The molecule has 0 aliphatic heterocycles. The van der Waals surface area contributed by atoms with Crippen molar-refractivity contribution in [1.29, 1.82) is 5.41 Å². The molecule has 0 radical (unpaired) electrons. The maximum absolute atomic E-state index is 10.7. The molecular weight excluding hydrogens is 224 g/mol. The van der Waals surface area contributed by atoms with Gasteiger partial charge in [0.1, 0.15) is 0 Å². The first kappa shape index (κ1) is 16.4. The van der Waals surface area contributed by atoms with E-state index >= 15 is 0 Å². The quantitative estimate of drug-likeness (QED) is 0.618. The summed E-state index contributed by atoms with van der Waals surface area (Å²) in [5.41, 5.74) is 2.51. The van der Waals surface area contributed by atoms with Gasteiger partial charge in [-0.25, -0.2) is 0 Å². The zero-order chi connectivity index (χ0) is 14.0. The molecule has 0 amide bonds. The van der Waals surface area contributed by atoms with Gasteiger partial charge in [0.25, 0.3) is 5.56 Å². The van der Waals surface area contributed by atoms with Gasteiger partial charge < -0.3 is 10.4 Å². The Labute approximate surface area is 109 Å². The van der Waals surface area contributed by atoms with E-state index < -0.39 is 0 Å². The summed E-state index contributed by atoms with van der Waals surface area (Å²) < 4.78 is 0. The predicted octanol–water partition coefficient (Wildman–Crippen LogP) is 3.76. The van der Waals surface area contributed by atoms with E-state index in [2.05, 4.69) is 18.0 Å². The van der Waals surface area contributed by atoms with E-state index in [0.29, 0.717) is 5.71 Å². The van der Waals surface area contributed by atoms with Gasteiger partial charge in [0.2, 0.25) is 0 Å². The molecule has 0 spiro atoms. The number of aromatic nitrogens is 1. The molecule has 3 heteroatoms. The number of nitrogens with one attached hydrogen (secondary N) is 2. The van der Waals surface area contributed by atoms with Crippen LogP contribution in [-0.4, -0.2) is 10.7 Å². The molecule has 1 aromatic heterocycles. The molecule has 0 aliphatic rings. The second kappa shape index (κ2) is 9.40. The largest absolute Gasteiger partial charge is 0.329 e. The van der Waals surface area contributed by atoms with Crippen molar-refractivity contribution in [3.05, 3.63) is 45.9 Å². The molecule has 0 aliphatic carbocycles. The Morgan fingerprint density at radius 3 is 2.56 bits per heavy atom. The predicted molar refractivity (Wildman–Crippen MR) is 78.6 cm³/mol. The van der Waals surface area contributed by atoms with E-state index in [0.717, 1.165) is 17.5 Å². The van der Waals surface area contributed by atoms with E-state index in [-0.39, 0.29) is 5.56 Å². The summed E-state index contributed by atoms with van der Waals surface area (Å²) in [4.78, 5) is 13.3. The summed E-state index contributed by atoms with van der Waals surface area (Å²) in [5, 5.41) is 7.04. The minimum atomic E-state index is 0.000556. The van der Waals surface area contributed by atoms with Crippen LogP contribution in [0.3, 0.4) is 0 Å². The lowest BCUT2D eigenvalue weighted by molar-refractivity contribution is 0.815. The number of aryl methyl sites for hydroxylation is 2. The van der Waals surface area contributed by atoms with Crippen molar-refractivity contribution in [2.45, 2.75) is 47.0 Å². The molecule has 0 bridgehead atoms. The fraction of sp³-hybridized carbons (Fsp3) is 0.467. The average Bonchev–Trinajstić information content (AvgIpc) is 2.31. The Kier molecular flexibility index (Phi) is 8.54. The van der Waals surface area contributed by atoms with Gasteiger partial charge in [-0.15, -0.1) is 0 Å². The molecule has 0 unspecified atom stereocenters. The minimum absolute atomic E-state index is 0.000556. The van der Waals surface area contributed by atoms with Crippen LogP contribution in [0.2, 0.25) is 0 Å². The topological polar surface area (TPSA) is 56.7 Å². The number of H-pyrrole nitrogens is 1. The van der Waals surface area contributed by atoms with Crippen molar-refractivity contribution in [3.63, 3.8) is 0 Å². The first-order valence-corrected chi connectivity index (χ1v) is 6.35. The summed E-state index contributed by atoms with van der Waals surface area (Å²) in [5.74, 6) is 0. The maximum Gasteiger partial charge on any atom is 0.250 e. The third-order valence-electron chi connectivity index (χ3n) is 2.33. The Morgan fingerprint density at radius 1 is 1.44 bits per heavy atom. The first-order valence-electron chi connectivity index (χ1n) is 6.35. The van der Waals surface area contributed by atoms with Crippen LogP contribution in [0.15, 0.2) is 29.2 Å². The van der Waals surface area contributed by atoms with Crippen LogP contribution < -0.4 is 5.56 Å². The smallest absolute Gasteiger partial charge is 0.250 e. The van der Waals surface area contributed by atoms with E-state index in [1.54, 1.807) is 20.0 Å². The monoisotopic (exact) mass is 248 g/mol. The van der Waals surface area contributed by atoms with Crippen molar-refractivity contribution in [2.24, 2.45) is 0 Å². The molecule has 0 atom stereocenters. The molecule has 18 heavy (non-hydrogen) atoms. The highest BCUT2D eigenvalue weighted by atomic mass is 16.1. The molecule has 1 rings (SSSR count). The SMILES string of the molecule is CCCC/C=C\C(C)=N.Cc1c[nH]c(=O)c(C)c1. The van der Waals surface area contributed by atoms with Crippen molar-refractivity contribution in [2.75, 3.05) is 0 Å². The Hall–Kier alpha value is -1.64. The molecule has 0 aromatic carbocycles. The Balaban J connectivity index is 0.000000321. The standard InChI is InChI=1S/C8H15N.C7H9NO/c1-3-4-5-6-7-8(2)9;1-5-3-6(2)7(9)8-4-5/h6-7,9H,3-5H2,1-2H3;3-4H,1-2H3,(H,8,9)/b7-6-,9-8?;. The number of unbranched alkanes of at least 4 members (excludes halogenated alkanes) is 2. The van der Waals surface area contributed by atoms with Gasteiger partial charge >= 0.3 is 0 Å². The normalized spacial score (nSPS) is 10.0. The van der Waals surface area contributed by atoms with E-state index in [1.165, 1.54) is 12.8 Å². The molecule has 3 nitrogen and oxygen atoms in total. The second-order valence-electron chi connectivity index (χ2n) is 4.42. The highest BCUT2D eigenvalue weighted by Gasteiger charge is 1.89. The molecule has 0 saturated heterocycles. The van der Waals surface area contributed by atoms with Gasteiger partial charge in [-0.05, 0) is 44.9 Å².